The van der Waals surface area contributed by atoms with Crippen LogP contribution in [0.2, 0.25) is 0 Å². The highest BCUT2D eigenvalue weighted by Gasteiger charge is 2.46. The Kier molecular flexibility index (Phi) is 13.1. The molecule has 0 radical (unpaired) electrons. The summed E-state index contributed by atoms with van der Waals surface area (Å²) in [6, 6.07) is 0. The summed E-state index contributed by atoms with van der Waals surface area (Å²) < 4.78 is 5.65. The minimum Gasteiger partial charge on any atom is -0.367 e. The maximum absolute atomic E-state index is 5.65. The van der Waals surface area contributed by atoms with Crippen LogP contribution in [-0.2, 0) is 4.74 Å². The Morgan fingerprint density at radius 2 is 1.17 bits per heavy atom. The molecule has 1 atom stereocenters. The van der Waals surface area contributed by atoms with Crippen LogP contribution >= 0.6 is 15.9 Å². The fraction of sp³-hybridized carbons (Fsp3) is 0.704. The Labute approximate surface area is 189 Å². The zero-order chi connectivity index (χ0) is 21.7. The molecule has 0 aromatic heterocycles. The lowest BCUT2D eigenvalue weighted by Gasteiger charge is -2.04. The van der Waals surface area contributed by atoms with E-state index in [0.29, 0.717) is 6.10 Å². The number of hydrogen-bond acceptors (Lipinski definition) is 1. The molecule has 29 heavy (non-hydrogen) atoms. The van der Waals surface area contributed by atoms with Gasteiger partial charge in [0.2, 0.25) is 0 Å². The van der Waals surface area contributed by atoms with Crippen LogP contribution < -0.4 is 0 Å². The molecule has 1 unspecified atom stereocenters. The van der Waals surface area contributed by atoms with Crippen LogP contribution in [0.25, 0.3) is 0 Å². The van der Waals surface area contributed by atoms with Crippen LogP contribution in [0, 0.1) is 0 Å². The largest absolute Gasteiger partial charge is 0.367 e. The summed E-state index contributed by atoms with van der Waals surface area (Å²) in [6.07, 6.45) is 22.0. The summed E-state index contributed by atoms with van der Waals surface area (Å²) in [7, 11) is 0. The number of ether oxygens (including phenoxy) is 1. The second-order valence-electron chi connectivity index (χ2n) is 9.40. The van der Waals surface area contributed by atoms with Gasteiger partial charge in [0.25, 0.3) is 0 Å². The minimum absolute atomic E-state index is 0.136. The molecule has 1 aliphatic heterocycles. The molecular formula is C27H45BrO. The minimum atomic E-state index is 0.136. The van der Waals surface area contributed by atoms with E-state index in [4.69, 9.17) is 4.74 Å². The number of unbranched alkanes of at least 4 members (excludes halogenated alkanes) is 1. The standard InChI is InChI=1S/C27H45BrO/c1-22(14-9-15-23(2)17-11-21-28)12-7-8-13-24(3)19-20-25(4)16-10-18-26-27(5,6)29-26/h12-13,15-16,26H,7-11,14,17-21H2,1-6H3/b22-12+,23-15+,24-13+,25-16+. The smallest absolute Gasteiger partial charge is 0.0892 e. The van der Waals surface area contributed by atoms with Crippen molar-refractivity contribution in [3.05, 3.63) is 46.6 Å². The fourth-order valence-corrected chi connectivity index (χ4v) is 3.85. The number of epoxide rings is 1. The second-order valence-corrected chi connectivity index (χ2v) is 10.2. The average molecular weight is 466 g/mol. The quantitative estimate of drug-likeness (QED) is 0.102. The van der Waals surface area contributed by atoms with Gasteiger partial charge in [-0.15, -0.1) is 0 Å². The zero-order valence-electron chi connectivity index (χ0n) is 20.0. The third kappa shape index (κ3) is 13.3. The third-order valence-corrected chi connectivity index (χ3v) is 6.45. The average Bonchev–Trinajstić information content (AvgIpc) is 3.28. The summed E-state index contributed by atoms with van der Waals surface area (Å²) in [6.45, 7) is 13.5. The molecule has 1 aliphatic rings. The van der Waals surface area contributed by atoms with Crippen LogP contribution in [0.4, 0.5) is 0 Å². The van der Waals surface area contributed by atoms with Gasteiger partial charge in [-0.2, -0.15) is 0 Å². The van der Waals surface area contributed by atoms with E-state index in [9.17, 15) is 0 Å². The molecule has 1 fully saturated rings. The van der Waals surface area contributed by atoms with Crippen molar-refractivity contribution < 1.29 is 4.74 Å². The van der Waals surface area contributed by atoms with Gasteiger partial charge >= 0.3 is 0 Å². The van der Waals surface area contributed by atoms with E-state index in [2.05, 4.69) is 81.8 Å². The lowest BCUT2D eigenvalue weighted by molar-refractivity contribution is 0.320. The molecule has 1 saturated heterocycles. The van der Waals surface area contributed by atoms with Crippen LogP contribution in [0.1, 0.15) is 106 Å². The molecule has 0 aromatic rings. The Hall–Kier alpha value is -0.600. The molecule has 0 aromatic carbocycles. The molecule has 0 bridgehead atoms. The number of halogens is 1. The molecule has 1 nitrogen and oxygen atoms in total. The Balaban J connectivity index is 2.15. The van der Waals surface area contributed by atoms with Crippen molar-refractivity contribution >= 4 is 15.9 Å². The molecular weight excluding hydrogens is 420 g/mol. The number of allylic oxidation sites excluding steroid dienone is 8. The van der Waals surface area contributed by atoms with Gasteiger partial charge in [-0.1, -0.05) is 62.5 Å². The predicted octanol–water partition coefficient (Wildman–Crippen LogP) is 9.24. The summed E-state index contributed by atoms with van der Waals surface area (Å²) in [5, 5.41) is 1.11. The first-order valence-corrected chi connectivity index (χ1v) is 12.7. The maximum Gasteiger partial charge on any atom is 0.0892 e. The van der Waals surface area contributed by atoms with Crippen molar-refractivity contribution in [1.82, 2.24) is 0 Å². The molecule has 1 rings (SSSR count). The van der Waals surface area contributed by atoms with Crippen molar-refractivity contribution in [3.8, 4) is 0 Å². The molecule has 0 saturated carbocycles. The van der Waals surface area contributed by atoms with Gasteiger partial charge < -0.3 is 4.74 Å². The Morgan fingerprint density at radius 1 is 0.724 bits per heavy atom. The Morgan fingerprint density at radius 3 is 1.69 bits per heavy atom. The Bertz CT molecular complexity index is 592. The number of alkyl halides is 1. The van der Waals surface area contributed by atoms with E-state index in [1.807, 2.05) is 0 Å². The fourth-order valence-electron chi connectivity index (χ4n) is 3.57. The van der Waals surface area contributed by atoms with Crippen molar-refractivity contribution in [1.29, 1.82) is 0 Å². The van der Waals surface area contributed by atoms with E-state index in [0.717, 1.165) is 18.2 Å². The maximum atomic E-state index is 5.65. The molecule has 0 spiro atoms. The van der Waals surface area contributed by atoms with Gasteiger partial charge in [-0.3, -0.25) is 0 Å². The van der Waals surface area contributed by atoms with E-state index >= 15 is 0 Å². The first-order chi connectivity index (χ1) is 13.7. The summed E-state index contributed by atoms with van der Waals surface area (Å²) in [4.78, 5) is 0. The molecule has 0 amide bonds. The van der Waals surface area contributed by atoms with E-state index in [-0.39, 0.29) is 5.60 Å². The summed E-state index contributed by atoms with van der Waals surface area (Å²) in [5.41, 5.74) is 6.25. The lowest BCUT2D eigenvalue weighted by Crippen LogP contribution is -2.01. The number of rotatable bonds is 15. The highest BCUT2D eigenvalue weighted by Crippen LogP contribution is 2.38. The first kappa shape index (κ1) is 26.4. The van der Waals surface area contributed by atoms with Gasteiger partial charge in [0.05, 0.1) is 11.7 Å². The van der Waals surface area contributed by atoms with Gasteiger partial charge in [0, 0.05) is 5.33 Å². The zero-order valence-corrected chi connectivity index (χ0v) is 21.5. The van der Waals surface area contributed by atoms with Gasteiger partial charge in [-0.05, 0) is 106 Å². The van der Waals surface area contributed by atoms with E-state index in [1.165, 1.54) is 73.7 Å². The third-order valence-electron chi connectivity index (χ3n) is 5.89. The molecule has 0 aliphatic carbocycles. The van der Waals surface area contributed by atoms with Crippen molar-refractivity contribution in [2.45, 2.75) is 117 Å². The van der Waals surface area contributed by atoms with Crippen LogP contribution in [0.3, 0.4) is 0 Å². The molecule has 166 valence electrons. The van der Waals surface area contributed by atoms with E-state index in [1.54, 1.807) is 0 Å². The highest BCUT2D eigenvalue weighted by atomic mass is 79.9. The normalized spacial score (nSPS) is 20.3. The summed E-state index contributed by atoms with van der Waals surface area (Å²) >= 11 is 3.50. The first-order valence-electron chi connectivity index (χ1n) is 11.6. The van der Waals surface area contributed by atoms with Crippen molar-refractivity contribution in [3.63, 3.8) is 0 Å². The summed E-state index contributed by atoms with van der Waals surface area (Å²) in [5.74, 6) is 0. The highest BCUT2D eigenvalue weighted by molar-refractivity contribution is 9.09. The van der Waals surface area contributed by atoms with Crippen LogP contribution in [0.15, 0.2) is 46.6 Å². The number of hydrogen-bond donors (Lipinski definition) is 0. The monoisotopic (exact) mass is 464 g/mol. The second kappa shape index (κ2) is 14.4. The van der Waals surface area contributed by atoms with Crippen LogP contribution in [0.5, 0.6) is 0 Å². The van der Waals surface area contributed by atoms with Gasteiger partial charge in [0.1, 0.15) is 0 Å². The van der Waals surface area contributed by atoms with E-state index < -0.39 is 0 Å². The predicted molar refractivity (Wildman–Crippen MR) is 134 cm³/mol. The molecule has 0 N–H and O–H groups in total. The van der Waals surface area contributed by atoms with Crippen molar-refractivity contribution in [2.75, 3.05) is 5.33 Å². The van der Waals surface area contributed by atoms with Crippen LogP contribution in [-0.4, -0.2) is 17.0 Å². The lowest BCUT2D eigenvalue weighted by atomic mass is 10.0. The van der Waals surface area contributed by atoms with Gasteiger partial charge in [-0.25, -0.2) is 0 Å². The van der Waals surface area contributed by atoms with Gasteiger partial charge in [0.15, 0.2) is 0 Å². The molecule has 2 heteroatoms. The molecule has 1 heterocycles. The SMILES string of the molecule is C/C(=C\CC/C=C(\C)CC/C(C)=C/CCC1OC1(C)C)CC/C=C(\C)CCCBr. The van der Waals surface area contributed by atoms with Crippen molar-refractivity contribution in [2.24, 2.45) is 0 Å². The topological polar surface area (TPSA) is 12.5 Å².